The molecule has 0 atom stereocenters. The van der Waals surface area contributed by atoms with Crippen LogP contribution in [0.1, 0.15) is 40.7 Å². The molecule has 0 heteroatoms. The molecule has 33 heavy (non-hydrogen) atoms. The van der Waals surface area contributed by atoms with E-state index in [0.29, 0.717) is 0 Å². The predicted octanol–water partition coefficient (Wildman–Crippen LogP) is 9.20. The summed E-state index contributed by atoms with van der Waals surface area (Å²) in [6.07, 6.45) is 8.61. The van der Waals surface area contributed by atoms with Crippen molar-refractivity contribution < 1.29 is 0 Å². The Hall–Kier alpha value is -3.64. The Kier molecular flexibility index (Phi) is 9.48. The standard InChI is InChI=1S/C18H20.C15H14/c1-2-16-12-14-18(15-13-16)11-7-6-10-17-8-4-3-5-9-17;1-3-13-6-10-15(11-7-13)14-8-4-12(2)5-9-14/h2-5,8-9,12-15H,1,6-7,10-11H2;3-11H,1H2,2H3. The second-order valence-corrected chi connectivity index (χ2v) is 8.33. The van der Waals surface area contributed by atoms with Crippen LogP contribution in [0.15, 0.2) is 116 Å². The number of rotatable bonds is 8. The zero-order valence-corrected chi connectivity index (χ0v) is 19.7. The van der Waals surface area contributed by atoms with Gasteiger partial charge in [0.05, 0.1) is 0 Å². The van der Waals surface area contributed by atoms with Crippen LogP contribution in [0.2, 0.25) is 0 Å². The van der Waals surface area contributed by atoms with E-state index in [-0.39, 0.29) is 0 Å². The SMILES string of the molecule is C=Cc1ccc(-c2ccc(C)cc2)cc1.C=Cc1ccc(CCCCc2ccccc2)cc1. The van der Waals surface area contributed by atoms with E-state index in [4.69, 9.17) is 0 Å². The minimum atomic E-state index is 1.16. The van der Waals surface area contributed by atoms with Crippen LogP contribution >= 0.6 is 0 Å². The molecule has 0 heterocycles. The Bertz CT molecular complexity index is 1100. The summed E-state index contributed by atoms with van der Waals surface area (Å²) in [5, 5.41) is 0. The van der Waals surface area contributed by atoms with Crippen molar-refractivity contribution in [1.29, 1.82) is 0 Å². The van der Waals surface area contributed by atoms with Crippen molar-refractivity contribution in [1.82, 2.24) is 0 Å². The van der Waals surface area contributed by atoms with Gasteiger partial charge in [-0.2, -0.15) is 0 Å². The molecule has 0 amide bonds. The van der Waals surface area contributed by atoms with E-state index in [2.05, 4.69) is 123 Å². The summed E-state index contributed by atoms with van der Waals surface area (Å²) < 4.78 is 0. The number of hydrogen-bond acceptors (Lipinski definition) is 0. The summed E-state index contributed by atoms with van der Waals surface area (Å²) in [6, 6.07) is 36.4. The molecule has 0 nitrogen and oxygen atoms in total. The molecule has 0 aliphatic carbocycles. The van der Waals surface area contributed by atoms with Crippen LogP contribution in [0, 0.1) is 6.92 Å². The van der Waals surface area contributed by atoms with Crippen molar-refractivity contribution in [2.24, 2.45) is 0 Å². The Labute approximate surface area is 200 Å². The van der Waals surface area contributed by atoms with Gasteiger partial charge in [-0.15, -0.1) is 0 Å². The predicted molar refractivity (Wildman–Crippen MR) is 146 cm³/mol. The lowest BCUT2D eigenvalue weighted by Gasteiger charge is -2.03. The minimum absolute atomic E-state index is 1.16. The summed E-state index contributed by atoms with van der Waals surface area (Å²) in [4.78, 5) is 0. The molecule has 166 valence electrons. The number of benzene rings is 4. The summed E-state index contributed by atoms with van der Waals surface area (Å²) in [6.45, 7) is 9.62. The van der Waals surface area contributed by atoms with Crippen molar-refractivity contribution in [2.75, 3.05) is 0 Å². The van der Waals surface area contributed by atoms with E-state index in [1.165, 1.54) is 59.1 Å². The van der Waals surface area contributed by atoms with Crippen LogP contribution in [-0.4, -0.2) is 0 Å². The average molecular weight is 431 g/mol. The lowest BCUT2D eigenvalue weighted by Crippen LogP contribution is -1.89. The second kappa shape index (κ2) is 13.0. The lowest BCUT2D eigenvalue weighted by atomic mass is 10.0. The first kappa shape index (κ1) is 24.0. The summed E-state index contributed by atoms with van der Waals surface area (Å²) >= 11 is 0. The maximum atomic E-state index is 3.77. The van der Waals surface area contributed by atoms with Crippen molar-refractivity contribution >= 4 is 12.2 Å². The van der Waals surface area contributed by atoms with Gasteiger partial charge in [0.15, 0.2) is 0 Å². The van der Waals surface area contributed by atoms with Crippen molar-refractivity contribution in [3.63, 3.8) is 0 Å². The highest BCUT2D eigenvalue weighted by Gasteiger charge is 1.97. The highest BCUT2D eigenvalue weighted by Crippen LogP contribution is 2.20. The van der Waals surface area contributed by atoms with Crippen LogP contribution in [0.5, 0.6) is 0 Å². The fourth-order valence-corrected chi connectivity index (χ4v) is 3.68. The molecule has 4 aromatic rings. The van der Waals surface area contributed by atoms with Crippen molar-refractivity contribution in [3.05, 3.63) is 144 Å². The third-order valence-corrected chi connectivity index (χ3v) is 5.77. The van der Waals surface area contributed by atoms with E-state index in [9.17, 15) is 0 Å². The molecular formula is C33H34. The highest BCUT2D eigenvalue weighted by atomic mass is 14.0. The summed E-state index contributed by atoms with van der Waals surface area (Å²) in [5.41, 5.74) is 9.03. The highest BCUT2D eigenvalue weighted by molar-refractivity contribution is 5.65. The van der Waals surface area contributed by atoms with Crippen LogP contribution in [0.3, 0.4) is 0 Å². The first-order chi connectivity index (χ1) is 16.2. The minimum Gasteiger partial charge on any atom is -0.0985 e. The van der Waals surface area contributed by atoms with Crippen LogP contribution < -0.4 is 0 Å². The molecule has 0 radical (unpaired) electrons. The third kappa shape index (κ3) is 8.09. The van der Waals surface area contributed by atoms with Crippen molar-refractivity contribution in [3.8, 4) is 11.1 Å². The summed E-state index contributed by atoms with van der Waals surface area (Å²) in [5.74, 6) is 0. The van der Waals surface area contributed by atoms with Gasteiger partial charge < -0.3 is 0 Å². The molecule has 0 saturated carbocycles. The quantitative estimate of drug-likeness (QED) is 0.244. The molecule has 4 aromatic carbocycles. The molecule has 0 aromatic heterocycles. The fourth-order valence-electron chi connectivity index (χ4n) is 3.68. The summed E-state index contributed by atoms with van der Waals surface area (Å²) in [7, 11) is 0. The molecule has 0 fully saturated rings. The normalized spacial score (nSPS) is 10.1. The Morgan fingerprint density at radius 1 is 0.515 bits per heavy atom. The van der Waals surface area contributed by atoms with Gasteiger partial charge >= 0.3 is 0 Å². The van der Waals surface area contributed by atoms with Gasteiger partial charge in [-0.1, -0.05) is 134 Å². The molecule has 0 spiro atoms. The molecule has 0 unspecified atom stereocenters. The molecule has 0 aliphatic rings. The number of unbranched alkanes of at least 4 members (excludes halogenated alkanes) is 1. The van der Waals surface area contributed by atoms with Gasteiger partial charge in [0, 0.05) is 0 Å². The van der Waals surface area contributed by atoms with Gasteiger partial charge in [-0.05, 0) is 66.0 Å². The van der Waals surface area contributed by atoms with Crippen LogP contribution in [0.25, 0.3) is 23.3 Å². The van der Waals surface area contributed by atoms with E-state index in [1.807, 2.05) is 12.2 Å². The first-order valence-electron chi connectivity index (χ1n) is 11.7. The Morgan fingerprint density at radius 2 is 0.939 bits per heavy atom. The topological polar surface area (TPSA) is 0 Å². The third-order valence-electron chi connectivity index (χ3n) is 5.77. The largest absolute Gasteiger partial charge is 0.0985 e. The maximum absolute atomic E-state index is 3.77. The van der Waals surface area contributed by atoms with E-state index in [0.717, 1.165) is 5.56 Å². The number of hydrogen-bond donors (Lipinski definition) is 0. The monoisotopic (exact) mass is 430 g/mol. The molecular weight excluding hydrogens is 396 g/mol. The lowest BCUT2D eigenvalue weighted by molar-refractivity contribution is 0.734. The first-order valence-corrected chi connectivity index (χ1v) is 11.7. The van der Waals surface area contributed by atoms with E-state index >= 15 is 0 Å². The van der Waals surface area contributed by atoms with Crippen LogP contribution in [-0.2, 0) is 12.8 Å². The van der Waals surface area contributed by atoms with Gasteiger partial charge in [0.25, 0.3) is 0 Å². The van der Waals surface area contributed by atoms with Crippen molar-refractivity contribution in [2.45, 2.75) is 32.6 Å². The Morgan fingerprint density at radius 3 is 1.42 bits per heavy atom. The van der Waals surface area contributed by atoms with Crippen LogP contribution in [0.4, 0.5) is 0 Å². The van der Waals surface area contributed by atoms with E-state index in [1.54, 1.807) is 0 Å². The molecule has 0 aliphatic heterocycles. The zero-order valence-electron chi connectivity index (χ0n) is 19.7. The van der Waals surface area contributed by atoms with Gasteiger partial charge in [0.2, 0.25) is 0 Å². The molecule has 0 saturated heterocycles. The average Bonchev–Trinajstić information content (AvgIpc) is 2.88. The Balaban J connectivity index is 0.000000189. The van der Waals surface area contributed by atoms with E-state index < -0.39 is 0 Å². The molecule has 0 bridgehead atoms. The van der Waals surface area contributed by atoms with Gasteiger partial charge in [-0.3, -0.25) is 0 Å². The second-order valence-electron chi connectivity index (χ2n) is 8.33. The molecule has 4 rings (SSSR count). The number of aryl methyl sites for hydroxylation is 3. The fraction of sp³-hybridized carbons (Fsp3) is 0.152. The van der Waals surface area contributed by atoms with Gasteiger partial charge in [-0.25, -0.2) is 0 Å². The molecule has 0 N–H and O–H groups in total. The zero-order chi connectivity index (χ0) is 23.3. The van der Waals surface area contributed by atoms with Gasteiger partial charge in [0.1, 0.15) is 0 Å². The maximum Gasteiger partial charge on any atom is -0.0184 e. The smallest absolute Gasteiger partial charge is 0.0184 e.